The Balaban J connectivity index is 2.15. The van der Waals surface area contributed by atoms with Gasteiger partial charge in [0.05, 0.1) is 5.39 Å². The summed E-state index contributed by atoms with van der Waals surface area (Å²) in [5.74, 6) is 0.733. The van der Waals surface area contributed by atoms with E-state index in [0.29, 0.717) is 23.1 Å². The lowest BCUT2D eigenvalue weighted by Crippen LogP contribution is -2.11. The zero-order valence-corrected chi connectivity index (χ0v) is 9.98. The Labute approximate surface area is 100 Å². The van der Waals surface area contributed by atoms with E-state index in [1.165, 1.54) is 23.1 Å². The van der Waals surface area contributed by atoms with Crippen LogP contribution in [-0.4, -0.2) is 21.6 Å². The maximum Gasteiger partial charge on any atom is 0.218 e. The lowest BCUT2D eigenvalue weighted by atomic mass is 10.4. The van der Waals surface area contributed by atoms with Gasteiger partial charge in [-0.3, -0.25) is 4.79 Å². The van der Waals surface area contributed by atoms with Crippen molar-refractivity contribution < 1.29 is 4.79 Å². The number of amides is 1. The molecule has 7 heteroatoms. The molecule has 2 aromatic rings. The highest BCUT2D eigenvalue weighted by molar-refractivity contribution is 7.99. The Morgan fingerprint density at radius 1 is 1.50 bits per heavy atom. The van der Waals surface area contributed by atoms with Gasteiger partial charge in [-0.2, -0.15) is 0 Å². The fourth-order valence-corrected chi connectivity index (χ4v) is 2.80. The van der Waals surface area contributed by atoms with Gasteiger partial charge in [-0.25, -0.2) is 9.97 Å². The lowest BCUT2D eigenvalue weighted by Gasteiger charge is -2.00. The van der Waals surface area contributed by atoms with Crippen molar-refractivity contribution in [2.24, 2.45) is 5.73 Å². The summed E-state index contributed by atoms with van der Waals surface area (Å²) in [7, 11) is 0. The average Bonchev–Trinajstić information content (AvgIpc) is 2.65. The van der Waals surface area contributed by atoms with Gasteiger partial charge in [0, 0.05) is 12.2 Å². The van der Waals surface area contributed by atoms with Crippen LogP contribution in [0.3, 0.4) is 0 Å². The fourth-order valence-electron chi connectivity index (χ4n) is 1.17. The van der Waals surface area contributed by atoms with Gasteiger partial charge in [-0.05, 0) is 11.4 Å². The van der Waals surface area contributed by atoms with Crippen LogP contribution in [0, 0.1) is 0 Å². The number of rotatable bonds is 4. The summed E-state index contributed by atoms with van der Waals surface area (Å²) >= 11 is 2.90. The number of anilines is 1. The molecule has 0 aliphatic rings. The van der Waals surface area contributed by atoms with Crippen LogP contribution in [0.25, 0.3) is 10.2 Å². The number of thioether (sulfide) groups is 1. The van der Waals surface area contributed by atoms with Gasteiger partial charge in [0.15, 0.2) is 5.16 Å². The van der Waals surface area contributed by atoms with Crippen LogP contribution in [0.1, 0.15) is 6.42 Å². The molecule has 2 aromatic heterocycles. The van der Waals surface area contributed by atoms with Crippen molar-refractivity contribution in [3.63, 3.8) is 0 Å². The molecule has 4 N–H and O–H groups in total. The van der Waals surface area contributed by atoms with E-state index in [-0.39, 0.29) is 5.91 Å². The van der Waals surface area contributed by atoms with Crippen LogP contribution in [-0.2, 0) is 4.79 Å². The third-order valence-electron chi connectivity index (χ3n) is 1.91. The number of nitrogens with zero attached hydrogens (tertiary/aromatic N) is 2. The molecule has 0 saturated heterocycles. The fraction of sp³-hybridized carbons (Fsp3) is 0.222. The number of carbonyl (C=O) groups excluding carboxylic acids is 1. The Hall–Kier alpha value is -1.34. The number of thiophene rings is 1. The molecule has 0 fully saturated rings. The molecule has 0 aliphatic heterocycles. The molecule has 0 unspecified atom stereocenters. The Morgan fingerprint density at radius 3 is 3.06 bits per heavy atom. The predicted molar refractivity (Wildman–Crippen MR) is 66.4 cm³/mol. The molecule has 0 aromatic carbocycles. The maximum absolute atomic E-state index is 10.6. The molecule has 2 heterocycles. The summed E-state index contributed by atoms with van der Waals surface area (Å²) in [5, 5.41) is 3.39. The van der Waals surface area contributed by atoms with E-state index in [0.717, 1.165) is 10.2 Å². The second-order valence-electron chi connectivity index (χ2n) is 3.10. The average molecular weight is 254 g/mol. The molecule has 0 saturated carbocycles. The molecular weight excluding hydrogens is 244 g/mol. The lowest BCUT2D eigenvalue weighted by molar-refractivity contribution is -0.117. The molecule has 0 spiro atoms. The smallest absolute Gasteiger partial charge is 0.218 e. The third-order valence-corrected chi connectivity index (χ3v) is 3.57. The molecule has 0 atom stereocenters. The second kappa shape index (κ2) is 4.67. The molecule has 0 bridgehead atoms. The van der Waals surface area contributed by atoms with Crippen molar-refractivity contribution in [3.8, 4) is 0 Å². The third kappa shape index (κ3) is 2.42. The summed E-state index contributed by atoms with van der Waals surface area (Å²) in [6.45, 7) is 0. The highest BCUT2D eigenvalue weighted by Gasteiger charge is 2.06. The van der Waals surface area contributed by atoms with Gasteiger partial charge in [0.25, 0.3) is 0 Å². The zero-order valence-electron chi connectivity index (χ0n) is 8.34. The first-order valence-corrected chi connectivity index (χ1v) is 6.45. The van der Waals surface area contributed by atoms with Crippen molar-refractivity contribution in [3.05, 3.63) is 11.4 Å². The van der Waals surface area contributed by atoms with Crippen LogP contribution in [0.5, 0.6) is 0 Å². The van der Waals surface area contributed by atoms with Gasteiger partial charge in [0.2, 0.25) is 5.91 Å². The van der Waals surface area contributed by atoms with E-state index in [9.17, 15) is 4.79 Å². The van der Waals surface area contributed by atoms with Crippen molar-refractivity contribution >= 4 is 45.0 Å². The van der Waals surface area contributed by atoms with E-state index in [1.807, 2.05) is 11.4 Å². The normalized spacial score (nSPS) is 10.8. The molecule has 16 heavy (non-hydrogen) atoms. The van der Waals surface area contributed by atoms with Crippen LogP contribution in [0.15, 0.2) is 16.6 Å². The quantitative estimate of drug-likeness (QED) is 0.632. The van der Waals surface area contributed by atoms with E-state index in [1.54, 1.807) is 0 Å². The minimum Gasteiger partial charge on any atom is -0.383 e. The first kappa shape index (κ1) is 11.2. The second-order valence-corrected chi connectivity index (χ2v) is 5.05. The van der Waals surface area contributed by atoms with Gasteiger partial charge < -0.3 is 11.5 Å². The number of carbonyl (C=O) groups is 1. The van der Waals surface area contributed by atoms with Gasteiger partial charge in [-0.1, -0.05) is 11.8 Å². The summed E-state index contributed by atoms with van der Waals surface area (Å²) in [6, 6.07) is 1.90. The molecular formula is C9H10N4OS2. The monoisotopic (exact) mass is 254 g/mol. The summed E-state index contributed by atoms with van der Waals surface area (Å²) < 4.78 is 0. The van der Waals surface area contributed by atoms with Crippen LogP contribution in [0.2, 0.25) is 0 Å². The standard InChI is InChI=1S/C9H10N4OS2/c10-6(14)2-4-16-9-12-7(11)5-1-3-15-8(5)13-9/h1,3H,2,4H2,(H2,10,14)(H2,11,12,13). The van der Waals surface area contributed by atoms with Crippen molar-refractivity contribution in [1.82, 2.24) is 9.97 Å². The van der Waals surface area contributed by atoms with E-state index < -0.39 is 0 Å². The molecule has 0 aliphatic carbocycles. The predicted octanol–water partition coefficient (Wildman–Crippen LogP) is 1.24. The number of hydrogen-bond acceptors (Lipinski definition) is 6. The van der Waals surface area contributed by atoms with Gasteiger partial charge in [-0.15, -0.1) is 11.3 Å². The minimum absolute atomic E-state index is 0.316. The highest BCUT2D eigenvalue weighted by Crippen LogP contribution is 2.26. The van der Waals surface area contributed by atoms with Crippen LogP contribution < -0.4 is 11.5 Å². The maximum atomic E-state index is 10.6. The number of aromatic nitrogens is 2. The number of hydrogen-bond donors (Lipinski definition) is 2. The number of primary amides is 1. The van der Waals surface area contributed by atoms with Crippen molar-refractivity contribution in [2.45, 2.75) is 11.6 Å². The van der Waals surface area contributed by atoms with E-state index in [2.05, 4.69) is 9.97 Å². The summed E-state index contributed by atoms with van der Waals surface area (Å²) in [4.78, 5) is 19.9. The largest absolute Gasteiger partial charge is 0.383 e. The Kier molecular flexibility index (Phi) is 3.25. The van der Waals surface area contributed by atoms with Crippen LogP contribution in [0.4, 0.5) is 5.82 Å². The number of nitrogen functional groups attached to an aromatic ring is 1. The summed E-state index contributed by atoms with van der Waals surface area (Å²) in [6.07, 6.45) is 0.316. The summed E-state index contributed by atoms with van der Waals surface area (Å²) in [5.41, 5.74) is 10.8. The molecule has 2 rings (SSSR count). The Bertz CT molecular complexity index is 525. The highest BCUT2D eigenvalue weighted by atomic mass is 32.2. The molecule has 5 nitrogen and oxygen atoms in total. The topological polar surface area (TPSA) is 94.9 Å². The Morgan fingerprint density at radius 2 is 2.31 bits per heavy atom. The van der Waals surface area contributed by atoms with Crippen LogP contribution >= 0.6 is 23.1 Å². The number of nitrogens with two attached hydrogens (primary N) is 2. The van der Waals surface area contributed by atoms with E-state index >= 15 is 0 Å². The first-order chi connectivity index (χ1) is 7.66. The SMILES string of the molecule is NC(=O)CCSc1nc(N)c2ccsc2n1. The van der Waals surface area contributed by atoms with Crippen molar-refractivity contribution in [2.75, 3.05) is 11.5 Å². The molecule has 84 valence electrons. The van der Waals surface area contributed by atoms with Gasteiger partial charge in [0.1, 0.15) is 10.6 Å². The molecule has 1 amide bonds. The zero-order chi connectivity index (χ0) is 11.5. The molecule has 0 radical (unpaired) electrons. The van der Waals surface area contributed by atoms with E-state index in [4.69, 9.17) is 11.5 Å². The van der Waals surface area contributed by atoms with Gasteiger partial charge >= 0.3 is 0 Å². The first-order valence-electron chi connectivity index (χ1n) is 4.58. The van der Waals surface area contributed by atoms with Crippen molar-refractivity contribution in [1.29, 1.82) is 0 Å². The minimum atomic E-state index is -0.322. The number of fused-ring (bicyclic) bond motifs is 1.